The van der Waals surface area contributed by atoms with Gasteiger partial charge in [0.1, 0.15) is 5.75 Å². The zero-order chi connectivity index (χ0) is 17.9. The van der Waals surface area contributed by atoms with Crippen molar-refractivity contribution < 1.29 is 18.3 Å². The molecule has 5 nitrogen and oxygen atoms in total. The largest absolute Gasteiger partial charge is 0.508 e. The van der Waals surface area contributed by atoms with E-state index in [1.165, 1.54) is 48.5 Å². The summed E-state index contributed by atoms with van der Waals surface area (Å²) < 4.78 is 25.3. The maximum atomic E-state index is 12.6. The third-order valence-corrected chi connectivity index (χ3v) is 5.33. The standard InChI is InChI=1S/C19H15NO4S/c21-16-8-5-7-15(13-16)20-19(22)14-6-4-11-18(12-14)25(23,24)17-9-2-1-3-10-17/h1-13,21H,(H,20,22). The second-order valence-corrected chi connectivity index (χ2v) is 7.30. The molecule has 1 amide bonds. The van der Waals surface area contributed by atoms with E-state index in [9.17, 15) is 18.3 Å². The Hall–Kier alpha value is -3.12. The minimum Gasteiger partial charge on any atom is -0.508 e. The van der Waals surface area contributed by atoms with Crippen LogP contribution in [0.3, 0.4) is 0 Å². The zero-order valence-corrected chi connectivity index (χ0v) is 13.9. The highest BCUT2D eigenvalue weighted by molar-refractivity contribution is 7.91. The van der Waals surface area contributed by atoms with Crippen molar-refractivity contribution in [3.8, 4) is 5.75 Å². The molecular weight excluding hydrogens is 338 g/mol. The van der Waals surface area contributed by atoms with Crippen molar-refractivity contribution in [1.29, 1.82) is 0 Å². The zero-order valence-electron chi connectivity index (χ0n) is 13.1. The van der Waals surface area contributed by atoms with Crippen LogP contribution in [-0.2, 0) is 9.84 Å². The second-order valence-electron chi connectivity index (χ2n) is 5.35. The van der Waals surface area contributed by atoms with Gasteiger partial charge < -0.3 is 10.4 Å². The van der Waals surface area contributed by atoms with Crippen LogP contribution in [0.15, 0.2) is 88.7 Å². The van der Waals surface area contributed by atoms with Gasteiger partial charge >= 0.3 is 0 Å². The highest BCUT2D eigenvalue weighted by Gasteiger charge is 2.18. The summed E-state index contributed by atoms with van der Waals surface area (Å²) in [5.41, 5.74) is 0.627. The first-order valence-corrected chi connectivity index (χ1v) is 8.96. The summed E-state index contributed by atoms with van der Waals surface area (Å²) in [6.07, 6.45) is 0. The molecule has 0 aliphatic rings. The highest BCUT2D eigenvalue weighted by atomic mass is 32.2. The maximum Gasteiger partial charge on any atom is 0.255 e. The molecule has 0 spiro atoms. The minimum atomic E-state index is -3.69. The summed E-state index contributed by atoms with van der Waals surface area (Å²) in [6, 6.07) is 20.0. The van der Waals surface area contributed by atoms with E-state index < -0.39 is 15.7 Å². The maximum absolute atomic E-state index is 12.6. The highest BCUT2D eigenvalue weighted by Crippen LogP contribution is 2.22. The predicted molar refractivity (Wildman–Crippen MR) is 94.4 cm³/mol. The molecule has 25 heavy (non-hydrogen) atoms. The van der Waals surface area contributed by atoms with E-state index in [0.29, 0.717) is 5.69 Å². The van der Waals surface area contributed by atoms with Crippen molar-refractivity contribution >= 4 is 21.4 Å². The molecule has 3 aromatic carbocycles. The summed E-state index contributed by atoms with van der Waals surface area (Å²) in [4.78, 5) is 12.6. The smallest absolute Gasteiger partial charge is 0.255 e. The molecule has 0 heterocycles. The van der Waals surface area contributed by atoms with Gasteiger partial charge in [0.15, 0.2) is 0 Å². The molecule has 0 unspecified atom stereocenters. The van der Waals surface area contributed by atoms with Gasteiger partial charge in [-0.25, -0.2) is 8.42 Å². The number of phenolic OH excluding ortho intramolecular Hbond substituents is 1. The molecule has 2 N–H and O–H groups in total. The first-order chi connectivity index (χ1) is 12.0. The Morgan fingerprint density at radius 1 is 0.800 bits per heavy atom. The summed E-state index contributed by atoms with van der Waals surface area (Å²) in [7, 11) is -3.69. The number of phenols is 1. The number of hydrogen-bond donors (Lipinski definition) is 2. The number of carbonyl (C=O) groups excluding carboxylic acids is 1. The molecule has 0 aliphatic carbocycles. The molecule has 0 atom stereocenters. The second kappa shape index (κ2) is 6.78. The number of amides is 1. The van der Waals surface area contributed by atoms with Crippen molar-refractivity contribution in [3.05, 3.63) is 84.4 Å². The average molecular weight is 353 g/mol. The summed E-state index contributed by atoms with van der Waals surface area (Å²) in [5.74, 6) is -0.436. The van der Waals surface area contributed by atoms with Crippen LogP contribution in [-0.4, -0.2) is 19.4 Å². The topological polar surface area (TPSA) is 83.5 Å². The normalized spacial score (nSPS) is 11.0. The molecule has 0 bridgehead atoms. The summed E-state index contributed by atoms with van der Waals surface area (Å²) >= 11 is 0. The Balaban J connectivity index is 1.90. The van der Waals surface area contributed by atoms with Gasteiger partial charge in [0, 0.05) is 17.3 Å². The predicted octanol–water partition coefficient (Wildman–Crippen LogP) is 3.48. The molecule has 6 heteroatoms. The van der Waals surface area contributed by atoms with E-state index in [4.69, 9.17) is 0 Å². The molecule has 3 rings (SSSR count). The van der Waals surface area contributed by atoms with E-state index in [2.05, 4.69) is 5.32 Å². The van der Waals surface area contributed by atoms with Crippen molar-refractivity contribution in [1.82, 2.24) is 0 Å². The van der Waals surface area contributed by atoms with Crippen molar-refractivity contribution in [3.63, 3.8) is 0 Å². The Morgan fingerprint density at radius 2 is 1.48 bits per heavy atom. The van der Waals surface area contributed by atoms with Gasteiger partial charge in [-0.15, -0.1) is 0 Å². The van der Waals surface area contributed by atoms with Crippen molar-refractivity contribution in [2.45, 2.75) is 9.79 Å². The summed E-state index contributed by atoms with van der Waals surface area (Å²) in [5, 5.41) is 12.1. The minimum absolute atomic E-state index is 0.0261. The third kappa shape index (κ3) is 3.70. The van der Waals surface area contributed by atoms with E-state index in [1.54, 1.807) is 30.3 Å². The SMILES string of the molecule is O=C(Nc1cccc(O)c1)c1cccc(S(=O)(=O)c2ccccc2)c1. The molecule has 0 aromatic heterocycles. The van der Waals surface area contributed by atoms with Crippen LogP contribution in [0, 0.1) is 0 Å². The van der Waals surface area contributed by atoms with E-state index >= 15 is 0 Å². The molecule has 0 aliphatic heterocycles. The lowest BCUT2D eigenvalue weighted by molar-refractivity contribution is 0.102. The Labute approximate surface area is 145 Å². The van der Waals surface area contributed by atoms with Crippen LogP contribution in [0.1, 0.15) is 10.4 Å². The van der Waals surface area contributed by atoms with Crippen LogP contribution in [0.2, 0.25) is 0 Å². The summed E-state index contributed by atoms with van der Waals surface area (Å²) in [6.45, 7) is 0. The third-order valence-electron chi connectivity index (χ3n) is 3.56. The van der Waals surface area contributed by atoms with Crippen molar-refractivity contribution in [2.75, 3.05) is 5.32 Å². The van der Waals surface area contributed by atoms with Gasteiger partial charge in [-0.05, 0) is 42.5 Å². The lowest BCUT2D eigenvalue weighted by Crippen LogP contribution is -2.12. The first kappa shape index (κ1) is 16.7. The van der Waals surface area contributed by atoms with Crippen LogP contribution in [0.5, 0.6) is 5.75 Å². The van der Waals surface area contributed by atoms with Crippen molar-refractivity contribution in [2.24, 2.45) is 0 Å². The van der Waals surface area contributed by atoms with Gasteiger partial charge in [-0.1, -0.05) is 30.3 Å². The average Bonchev–Trinajstić information content (AvgIpc) is 2.62. The Morgan fingerprint density at radius 3 is 2.20 bits per heavy atom. The van der Waals surface area contributed by atoms with E-state index in [-0.39, 0.29) is 21.1 Å². The van der Waals surface area contributed by atoms with Crippen LogP contribution in [0.25, 0.3) is 0 Å². The fourth-order valence-corrected chi connectivity index (χ4v) is 3.65. The number of carbonyl (C=O) groups is 1. The van der Waals surface area contributed by atoms with Gasteiger partial charge in [0.05, 0.1) is 9.79 Å². The van der Waals surface area contributed by atoms with Crippen LogP contribution < -0.4 is 5.32 Å². The number of nitrogens with one attached hydrogen (secondary N) is 1. The monoisotopic (exact) mass is 353 g/mol. The molecule has 0 saturated carbocycles. The quantitative estimate of drug-likeness (QED) is 0.752. The molecule has 0 saturated heterocycles. The molecule has 126 valence electrons. The van der Waals surface area contributed by atoms with Gasteiger partial charge in [0.2, 0.25) is 9.84 Å². The molecular formula is C19H15NO4S. The number of sulfone groups is 1. The number of anilines is 1. The van der Waals surface area contributed by atoms with Gasteiger partial charge in [0.25, 0.3) is 5.91 Å². The molecule has 0 radical (unpaired) electrons. The van der Waals surface area contributed by atoms with Gasteiger partial charge in [-0.2, -0.15) is 0 Å². The first-order valence-electron chi connectivity index (χ1n) is 7.47. The Bertz CT molecular complexity index is 1010. The number of hydrogen-bond acceptors (Lipinski definition) is 4. The molecule has 3 aromatic rings. The van der Waals surface area contributed by atoms with Crippen LogP contribution in [0.4, 0.5) is 5.69 Å². The van der Waals surface area contributed by atoms with E-state index in [0.717, 1.165) is 0 Å². The number of aromatic hydroxyl groups is 1. The Kier molecular flexibility index (Phi) is 4.54. The lowest BCUT2D eigenvalue weighted by Gasteiger charge is -2.08. The molecule has 0 fully saturated rings. The van der Waals surface area contributed by atoms with Crippen LogP contribution >= 0.6 is 0 Å². The fraction of sp³-hybridized carbons (Fsp3) is 0. The van der Waals surface area contributed by atoms with Gasteiger partial charge in [-0.3, -0.25) is 4.79 Å². The van der Waals surface area contributed by atoms with E-state index in [1.807, 2.05) is 0 Å². The number of benzene rings is 3. The number of rotatable bonds is 4. The lowest BCUT2D eigenvalue weighted by atomic mass is 10.2. The fourth-order valence-electron chi connectivity index (χ4n) is 2.33.